The highest BCUT2D eigenvalue weighted by Gasteiger charge is 2.66. The smallest absolute Gasteiger partial charge is 0.230 e. The predicted octanol–water partition coefficient (Wildman–Crippen LogP) is 1.74. The minimum Gasteiger partial charge on any atom is -0.360 e. The van der Waals surface area contributed by atoms with Gasteiger partial charge in [-0.3, -0.25) is 14.6 Å². The summed E-state index contributed by atoms with van der Waals surface area (Å²) in [6.07, 6.45) is 7.07. The molecule has 7 heteroatoms. The van der Waals surface area contributed by atoms with Crippen molar-refractivity contribution in [2.75, 3.05) is 6.54 Å². The summed E-state index contributed by atoms with van der Waals surface area (Å²) in [5, 5.41) is 4.97. The van der Waals surface area contributed by atoms with E-state index < -0.39 is 17.4 Å². The number of carbonyl (C=O) groups is 2. The van der Waals surface area contributed by atoms with Gasteiger partial charge in [-0.1, -0.05) is 24.3 Å². The highest BCUT2D eigenvalue weighted by molar-refractivity contribution is 7.09. The van der Waals surface area contributed by atoms with Gasteiger partial charge in [0.05, 0.1) is 31.0 Å². The van der Waals surface area contributed by atoms with Crippen molar-refractivity contribution in [2.45, 2.75) is 24.8 Å². The van der Waals surface area contributed by atoms with Crippen LogP contribution in [0.1, 0.15) is 10.4 Å². The van der Waals surface area contributed by atoms with Crippen LogP contribution in [0.3, 0.4) is 0 Å². The van der Waals surface area contributed by atoms with Gasteiger partial charge >= 0.3 is 0 Å². The van der Waals surface area contributed by atoms with E-state index in [9.17, 15) is 9.59 Å². The molecule has 138 valence electrons. The molecule has 1 spiro atoms. The van der Waals surface area contributed by atoms with Crippen molar-refractivity contribution >= 4 is 23.2 Å². The zero-order valence-electron chi connectivity index (χ0n) is 14.6. The van der Waals surface area contributed by atoms with E-state index in [1.54, 1.807) is 28.6 Å². The Bertz CT molecular complexity index is 898. The third-order valence-electron chi connectivity index (χ3n) is 5.59. The van der Waals surface area contributed by atoms with Crippen molar-refractivity contribution in [1.82, 2.24) is 15.2 Å². The Kier molecular flexibility index (Phi) is 3.87. The Morgan fingerprint density at radius 2 is 2.33 bits per heavy atom. The predicted molar refractivity (Wildman–Crippen MR) is 99.5 cm³/mol. The first-order valence-electron chi connectivity index (χ1n) is 9.01. The van der Waals surface area contributed by atoms with Crippen molar-refractivity contribution in [3.63, 3.8) is 0 Å². The summed E-state index contributed by atoms with van der Waals surface area (Å²) in [4.78, 5) is 33.0. The molecule has 0 aliphatic carbocycles. The van der Waals surface area contributed by atoms with Gasteiger partial charge in [-0.25, -0.2) is 0 Å². The van der Waals surface area contributed by atoms with Gasteiger partial charge in [0.1, 0.15) is 5.60 Å². The monoisotopic (exact) mass is 381 g/mol. The van der Waals surface area contributed by atoms with Crippen molar-refractivity contribution in [2.24, 2.45) is 11.8 Å². The SMILES string of the molecule is O=C(NCc1cccs1)[C@H]1[C@H]2C=CC3(CN(Cc4cccnc4)C(=O)[C@@H]13)O2. The quantitative estimate of drug-likeness (QED) is 0.801. The van der Waals surface area contributed by atoms with Crippen molar-refractivity contribution < 1.29 is 14.3 Å². The van der Waals surface area contributed by atoms with Gasteiger partial charge in [0.15, 0.2) is 0 Å². The van der Waals surface area contributed by atoms with E-state index in [4.69, 9.17) is 4.74 Å². The fourth-order valence-electron chi connectivity index (χ4n) is 4.43. The molecular weight excluding hydrogens is 362 g/mol. The van der Waals surface area contributed by atoms with Crippen LogP contribution in [0, 0.1) is 11.8 Å². The minimum absolute atomic E-state index is 0.0121. The van der Waals surface area contributed by atoms with Crippen LogP contribution in [-0.2, 0) is 27.4 Å². The number of ether oxygens (including phenoxy) is 1. The highest BCUT2D eigenvalue weighted by Crippen LogP contribution is 2.52. The second-order valence-corrected chi connectivity index (χ2v) is 8.28. The summed E-state index contributed by atoms with van der Waals surface area (Å²) in [5.74, 6) is -1.04. The van der Waals surface area contributed by atoms with E-state index in [0.29, 0.717) is 19.6 Å². The maximum absolute atomic E-state index is 13.1. The average Bonchev–Trinajstić information content (AvgIpc) is 3.44. The van der Waals surface area contributed by atoms with Gasteiger partial charge in [-0.05, 0) is 23.1 Å². The van der Waals surface area contributed by atoms with Gasteiger partial charge in [0.2, 0.25) is 11.8 Å². The first-order valence-corrected chi connectivity index (χ1v) is 9.89. The summed E-state index contributed by atoms with van der Waals surface area (Å²) in [6.45, 7) is 1.44. The lowest BCUT2D eigenvalue weighted by molar-refractivity contribution is -0.137. The third kappa shape index (κ3) is 2.69. The molecule has 1 unspecified atom stereocenters. The second-order valence-electron chi connectivity index (χ2n) is 7.25. The number of carbonyl (C=O) groups excluding carboxylic acids is 2. The van der Waals surface area contributed by atoms with Crippen LogP contribution in [0.2, 0.25) is 0 Å². The van der Waals surface area contributed by atoms with E-state index in [1.807, 2.05) is 41.8 Å². The molecule has 27 heavy (non-hydrogen) atoms. The summed E-state index contributed by atoms with van der Waals surface area (Å²) in [6, 6.07) is 7.75. The van der Waals surface area contributed by atoms with Crippen LogP contribution in [0.25, 0.3) is 0 Å². The van der Waals surface area contributed by atoms with Crippen molar-refractivity contribution in [3.8, 4) is 0 Å². The Morgan fingerprint density at radius 1 is 1.41 bits per heavy atom. The number of aromatic nitrogens is 1. The average molecular weight is 381 g/mol. The lowest BCUT2D eigenvalue weighted by Gasteiger charge is -2.23. The molecule has 4 atom stereocenters. The maximum atomic E-state index is 13.1. The fourth-order valence-corrected chi connectivity index (χ4v) is 5.07. The molecule has 1 N–H and O–H groups in total. The van der Waals surface area contributed by atoms with Gasteiger partial charge in [0, 0.05) is 23.8 Å². The van der Waals surface area contributed by atoms with Crippen LogP contribution in [0.15, 0.2) is 54.2 Å². The molecule has 3 aliphatic heterocycles. The first-order chi connectivity index (χ1) is 13.2. The number of pyridine rings is 1. The van der Waals surface area contributed by atoms with Crippen LogP contribution in [-0.4, -0.2) is 39.9 Å². The Morgan fingerprint density at radius 3 is 3.11 bits per heavy atom. The Hall–Kier alpha value is -2.51. The first kappa shape index (κ1) is 16.6. The molecule has 0 aromatic carbocycles. The summed E-state index contributed by atoms with van der Waals surface area (Å²) < 4.78 is 6.15. The molecule has 3 aliphatic rings. The van der Waals surface area contributed by atoms with E-state index in [2.05, 4.69) is 10.3 Å². The van der Waals surface area contributed by atoms with E-state index >= 15 is 0 Å². The number of amides is 2. The number of thiophene rings is 1. The number of fused-ring (bicyclic) bond motifs is 1. The maximum Gasteiger partial charge on any atom is 0.230 e. The molecule has 2 saturated heterocycles. The van der Waals surface area contributed by atoms with E-state index in [-0.39, 0.29) is 17.9 Å². The topological polar surface area (TPSA) is 71.5 Å². The molecule has 2 fully saturated rings. The zero-order chi connectivity index (χ0) is 18.4. The third-order valence-corrected chi connectivity index (χ3v) is 6.47. The standard InChI is InChI=1S/C20H19N3O3S/c24-18(22-10-14-4-2-8-27-14)16-15-5-6-20(26-15)12-23(19(25)17(16)20)11-13-3-1-7-21-9-13/h1-9,15-17H,10-12H2,(H,22,24)/t15-,16+,17-,20?/m1/s1. The lowest BCUT2D eigenvalue weighted by Crippen LogP contribution is -2.43. The molecule has 2 aromatic heterocycles. The normalized spacial score (nSPS) is 30.7. The number of hydrogen-bond donors (Lipinski definition) is 1. The molecule has 2 aromatic rings. The largest absolute Gasteiger partial charge is 0.360 e. The van der Waals surface area contributed by atoms with E-state index in [0.717, 1.165) is 10.4 Å². The summed E-state index contributed by atoms with van der Waals surface area (Å²) >= 11 is 1.60. The van der Waals surface area contributed by atoms with Gasteiger partial charge < -0.3 is 15.0 Å². The van der Waals surface area contributed by atoms with Gasteiger partial charge in [0.25, 0.3) is 0 Å². The Balaban J connectivity index is 1.34. The highest BCUT2D eigenvalue weighted by atomic mass is 32.1. The second kappa shape index (κ2) is 6.28. The summed E-state index contributed by atoms with van der Waals surface area (Å²) in [7, 11) is 0. The zero-order valence-corrected chi connectivity index (χ0v) is 15.4. The number of nitrogens with zero attached hydrogens (tertiary/aromatic N) is 2. The van der Waals surface area contributed by atoms with Crippen LogP contribution in [0.4, 0.5) is 0 Å². The molecular formula is C20H19N3O3S. The number of hydrogen-bond acceptors (Lipinski definition) is 5. The molecule has 0 saturated carbocycles. The van der Waals surface area contributed by atoms with Crippen molar-refractivity contribution in [1.29, 1.82) is 0 Å². The number of rotatable bonds is 5. The fraction of sp³-hybridized carbons (Fsp3) is 0.350. The molecule has 5 heterocycles. The van der Waals surface area contributed by atoms with E-state index in [1.165, 1.54) is 0 Å². The lowest BCUT2D eigenvalue weighted by atomic mass is 9.77. The molecule has 2 amide bonds. The number of nitrogens with one attached hydrogen (secondary N) is 1. The minimum atomic E-state index is -0.672. The Labute approximate surface area is 160 Å². The van der Waals surface area contributed by atoms with Crippen LogP contribution >= 0.6 is 11.3 Å². The molecule has 5 rings (SSSR count). The molecule has 6 nitrogen and oxygen atoms in total. The van der Waals surface area contributed by atoms with Gasteiger partial charge in [-0.15, -0.1) is 11.3 Å². The molecule has 2 bridgehead atoms. The molecule has 0 radical (unpaired) electrons. The summed E-state index contributed by atoms with van der Waals surface area (Å²) in [5.41, 5.74) is 0.300. The van der Waals surface area contributed by atoms with Crippen molar-refractivity contribution in [3.05, 3.63) is 64.6 Å². The van der Waals surface area contributed by atoms with Gasteiger partial charge in [-0.2, -0.15) is 0 Å². The number of likely N-dealkylation sites (tertiary alicyclic amines) is 1. The van der Waals surface area contributed by atoms with Crippen LogP contribution in [0.5, 0.6) is 0 Å². The van der Waals surface area contributed by atoms with Crippen LogP contribution < -0.4 is 5.32 Å².